The number of hydrogen-bond donors (Lipinski definition) is 1. The molecule has 0 radical (unpaired) electrons. The van der Waals surface area contributed by atoms with Crippen LogP contribution in [0.5, 0.6) is 17.4 Å². The maximum Gasteiger partial charge on any atom is 0.217 e. The summed E-state index contributed by atoms with van der Waals surface area (Å²) in [5.74, 6) is 2.41. The number of benzene rings is 1. The van der Waals surface area contributed by atoms with Crippen molar-refractivity contribution >= 4 is 11.8 Å². The first-order valence-electron chi connectivity index (χ1n) is 6.93. The van der Waals surface area contributed by atoms with Crippen molar-refractivity contribution in [3.8, 4) is 28.8 Å². The molecule has 0 unspecified atom stereocenters. The van der Waals surface area contributed by atoms with E-state index in [4.69, 9.17) is 14.2 Å². The number of H-pyrrole nitrogens is 1. The minimum absolute atomic E-state index is 0.486. The Hall–Kier alpha value is -2.81. The lowest BCUT2D eigenvalue weighted by Crippen LogP contribution is -1.92. The minimum atomic E-state index is 0.486. The third-order valence-electron chi connectivity index (χ3n) is 3.13. The molecule has 0 spiro atoms. The van der Waals surface area contributed by atoms with Crippen molar-refractivity contribution in [2.75, 3.05) is 21.3 Å². The van der Waals surface area contributed by atoms with E-state index in [-0.39, 0.29) is 0 Å². The molecule has 0 bridgehead atoms. The predicted molar refractivity (Wildman–Crippen MR) is 87.6 cm³/mol. The summed E-state index contributed by atoms with van der Waals surface area (Å²) in [7, 11) is 4.75. The van der Waals surface area contributed by atoms with Crippen LogP contribution in [0, 0.1) is 0 Å². The van der Waals surface area contributed by atoms with Crippen molar-refractivity contribution in [1.82, 2.24) is 25.1 Å². The van der Waals surface area contributed by atoms with Gasteiger partial charge in [-0.1, -0.05) is 0 Å². The smallest absolute Gasteiger partial charge is 0.217 e. The second kappa shape index (κ2) is 7.18. The molecule has 1 N–H and O–H groups in total. The molecular weight excluding hydrogens is 330 g/mol. The highest BCUT2D eigenvalue weighted by Crippen LogP contribution is 2.32. The SMILES string of the molecule is COc1ccc(-c2nc(Sc3nccc(OC)n3)n[nH]2)c(OC)c1. The van der Waals surface area contributed by atoms with E-state index in [2.05, 4.69) is 25.1 Å². The zero-order valence-corrected chi connectivity index (χ0v) is 14.1. The van der Waals surface area contributed by atoms with Crippen LogP contribution in [-0.4, -0.2) is 46.5 Å². The van der Waals surface area contributed by atoms with Crippen LogP contribution in [0.1, 0.15) is 0 Å². The Balaban J connectivity index is 1.85. The van der Waals surface area contributed by atoms with Crippen LogP contribution in [0.3, 0.4) is 0 Å². The molecule has 9 heteroatoms. The van der Waals surface area contributed by atoms with Gasteiger partial charge < -0.3 is 14.2 Å². The van der Waals surface area contributed by atoms with Crippen molar-refractivity contribution in [3.63, 3.8) is 0 Å². The van der Waals surface area contributed by atoms with Gasteiger partial charge in [-0.3, -0.25) is 5.10 Å². The highest BCUT2D eigenvalue weighted by atomic mass is 32.2. The van der Waals surface area contributed by atoms with Crippen LogP contribution in [0.25, 0.3) is 11.4 Å². The predicted octanol–water partition coefficient (Wildman–Crippen LogP) is 2.44. The molecule has 0 aliphatic rings. The van der Waals surface area contributed by atoms with Gasteiger partial charge in [0.25, 0.3) is 0 Å². The van der Waals surface area contributed by atoms with E-state index in [1.165, 1.54) is 11.8 Å². The molecular formula is C15H15N5O3S. The van der Waals surface area contributed by atoms with E-state index < -0.39 is 0 Å². The van der Waals surface area contributed by atoms with Crippen LogP contribution in [0.4, 0.5) is 0 Å². The van der Waals surface area contributed by atoms with Gasteiger partial charge in [0.1, 0.15) is 11.5 Å². The lowest BCUT2D eigenvalue weighted by Gasteiger charge is -2.07. The zero-order valence-electron chi connectivity index (χ0n) is 13.3. The van der Waals surface area contributed by atoms with Gasteiger partial charge in [0.2, 0.25) is 11.0 Å². The molecule has 0 saturated carbocycles. The first kappa shape index (κ1) is 16.1. The standard InChI is InChI=1S/C15H15N5O3S/c1-21-9-4-5-10(11(8-9)22-2)13-18-15(20-19-13)24-14-16-7-6-12(17-14)23-3/h4-8H,1-3H3,(H,18,19,20). The van der Waals surface area contributed by atoms with Crippen LogP contribution < -0.4 is 14.2 Å². The Bertz CT molecular complexity index is 839. The normalized spacial score (nSPS) is 10.5. The fourth-order valence-electron chi connectivity index (χ4n) is 1.98. The lowest BCUT2D eigenvalue weighted by molar-refractivity contribution is 0.392. The van der Waals surface area contributed by atoms with Crippen molar-refractivity contribution in [1.29, 1.82) is 0 Å². The number of rotatable bonds is 6. The average molecular weight is 345 g/mol. The molecule has 0 fully saturated rings. The van der Waals surface area contributed by atoms with E-state index in [1.807, 2.05) is 12.1 Å². The summed E-state index contributed by atoms with van der Waals surface area (Å²) in [4.78, 5) is 12.8. The van der Waals surface area contributed by atoms with E-state index in [0.717, 1.165) is 5.56 Å². The Morgan fingerprint density at radius 2 is 1.83 bits per heavy atom. The van der Waals surface area contributed by atoms with Crippen LogP contribution >= 0.6 is 11.8 Å². The summed E-state index contributed by atoms with van der Waals surface area (Å²) in [6.07, 6.45) is 1.62. The van der Waals surface area contributed by atoms with Gasteiger partial charge >= 0.3 is 0 Å². The first-order valence-corrected chi connectivity index (χ1v) is 7.75. The van der Waals surface area contributed by atoms with Gasteiger partial charge in [-0.2, -0.15) is 4.98 Å². The minimum Gasteiger partial charge on any atom is -0.497 e. The van der Waals surface area contributed by atoms with E-state index in [1.54, 1.807) is 39.7 Å². The summed E-state index contributed by atoms with van der Waals surface area (Å²) in [6.45, 7) is 0. The van der Waals surface area contributed by atoms with Crippen molar-refractivity contribution in [3.05, 3.63) is 30.5 Å². The number of nitrogens with zero attached hydrogens (tertiary/aromatic N) is 4. The fraction of sp³-hybridized carbons (Fsp3) is 0.200. The van der Waals surface area contributed by atoms with Crippen molar-refractivity contribution < 1.29 is 14.2 Å². The van der Waals surface area contributed by atoms with Crippen molar-refractivity contribution in [2.45, 2.75) is 10.3 Å². The van der Waals surface area contributed by atoms with Gasteiger partial charge in [-0.25, -0.2) is 9.97 Å². The number of ether oxygens (including phenoxy) is 3. The Kier molecular flexibility index (Phi) is 4.80. The molecule has 0 aliphatic carbocycles. The Morgan fingerprint density at radius 3 is 2.58 bits per heavy atom. The second-order valence-corrected chi connectivity index (χ2v) is 5.45. The molecule has 124 valence electrons. The molecule has 2 aromatic heterocycles. The summed E-state index contributed by atoms with van der Waals surface area (Å²) in [5.41, 5.74) is 0.782. The summed E-state index contributed by atoms with van der Waals surface area (Å²) >= 11 is 1.23. The molecule has 2 heterocycles. The quantitative estimate of drug-likeness (QED) is 0.681. The molecule has 3 aromatic rings. The molecule has 8 nitrogen and oxygen atoms in total. The molecule has 24 heavy (non-hydrogen) atoms. The van der Waals surface area contributed by atoms with Crippen LogP contribution in [0.15, 0.2) is 40.8 Å². The number of nitrogens with one attached hydrogen (secondary N) is 1. The number of aromatic amines is 1. The molecule has 3 rings (SSSR count). The van der Waals surface area contributed by atoms with Gasteiger partial charge in [0.15, 0.2) is 11.0 Å². The second-order valence-electron chi connectivity index (χ2n) is 4.52. The van der Waals surface area contributed by atoms with Gasteiger partial charge in [-0.05, 0) is 23.9 Å². The highest BCUT2D eigenvalue weighted by Gasteiger charge is 2.14. The molecule has 0 saturated heterocycles. The van der Waals surface area contributed by atoms with Crippen molar-refractivity contribution in [2.24, 2.45) is 0 Å². The summed E-state index contributed by atoms with van der Waals surface area (Å²) in [6, 6.07) is 7.15. The van der Waals surface area contributed by atoms with Crippen LogP contribution in [0.2, 0.25) is 0 Å². The maximum absolute atomic E-state index is 5.38. The van der Waals surface area contributed by atoms with Crippen LogP contribution in [-0.2, 0) is 0 Å². The molecule has 0 atom stereocenters. The third kappa shape index (κ3) is 3.40. The average Bonchev–Trinajstić information content (AvgIpc) is 3.09. The summed E-state index contributed by atoms with van der Waals surface area (Å²) in [5, 5.41) is 8.07. The Labute approximate surface area is 142 Å². The van der Waals surface area contributed by atoms with Gasteiger partial charge in [0, 0.05) is 18.3 Å². The maximum atomic E-state index is 5.38. The zero-order chi connectivity index (χ0) is 16.9. The van der Waals surface area contributed by atoms with Gasteiger partial charge in [0.05, 0.1) is 26.9 Å². The highest BCUT2D eigenvalue weighted by molar-refractivity contribution is 7.99. The molecule has 1 aromatic carbocycles. The molecule has 0 aliphatic heterocycles. The lowest BCUT2D eigenvalue weighted by atomic mass is 10.2. The van der Waals surface area contributed by atoms with Gasteiger partial charge in [-0.15, -0.1) is 5.10 Å². The number of methoxy groups -OCH3 is 3. The third-order valence-corrected chi connectivity index (χ3v) is 3.87. The Morgan fingerprint density at radius 1 is 0.958 bits per heavy atom. The summed E-state index contributed by atoms with van der Waals surface area (Å²) < 4.78 is 15.7. The number of aromatic nitrogens is 5. The number of hydrogen-bond acceptors (Lipinski definition) is 8. The monoisotopic (exact) mass is 345 g/mol. The fourth-order valence-corrected chi connectivity index (χ4v) is 2.62. The largest absolute Gasteiger partial charge is 0.497 e. The first-order chi connectivity index (χ1) is 11.7. The topological polar surface area (TPSA) is 95.0 Å². The van der Waals surface area contributed by atoms with E-state index >= 15 is 0 Å². The van der Waals surface area contributed by atoms with E-state index in [9.17, 15) is 0 Å². The molecule has 0 amide bonds. The van der Waals surface area contributed by atoms with E-state index in [0.29, 0.717) is 33.5 Å².